The van der Waals surface area contributed by atoms with Gasteiger partial charge in [-0.05, 0) is 53.9 Å². The second-order valence-corrected chi connectivity index (χ2v) is 8.46. The molecule has 0 spiro atoms. The fourth-order valence-corrected chi connectivity index (χ4v) is 3.32. The maximum atomic E-state index is 2.37. The molecule has 0 fully saturated rings. The summed E-state index contributed by atoms with van der Waals surface area (Å²) < 4.78 is 2.29. The van der Waals surface area contributed by atoms with Gasteiger partial charge in [0.1, 0.15) is 7.05 Å². The Balaban J connectivity index is 2.48. The summed E-state index contributed by atoms with van der Waals surface area (Å²) in [5.74, 6) is 0. The zero-order chi connectivity index (χ0) is 18.1. The predicted molar refractivity (Wildman–Crippen MR) is 104 cm³/mol. The zero-order valence-electron chi connectivity index (χ0n) is 16.8. The van der Waals surface area contributed by atoms with E-state index in [0.29, 0.717) is 0 Å². The van der Waals surface area contributed by atoms with Crippen molar-refractivity contribution in [2.75, 3.05) is 0 Å². The first-order valence-corrected chi connectivity index (χ1v) is 9.24. The third-order valence-corrected chi connectivity index (χ3v) is 5.76. The Morgan fingerprint density at radius 3 is 1.92 bits per heavy atom. The Morgan fingerprint density at radius 1 is 0.875 bits per heavy atom. The number of nitrogens with zero attached hydrogens (tertiary/aromatic N) is 1. The number of aryl methyl sites for hydroxylation is 2. The van der Waals surface area contributed by atoms with Crippen molar-refractivity contribution >= 4 is 0 Å². The first kappa shape index (κ1) is 18.7. The quantitative estimate of drug-likeness (QED) is 0.620. The molecule has 0 unspecified atom stereocenters. The molecule has 0 saturated heterocycles. The van der Waals surface area contributed by atoms with Gasteiger partial charge in [0.2, 0.25) is 5.69 Å². The molecule has 1 aromatic carbocycles. The van der Waals surface area contributed by atoms with Crippen molar-refractivity contribution < 1.29 is 4.57 Å². The summed E-state index contributed by atoms with van der Waals surface area (Å²) in [4.78, 5) is 0. The summed E-state index contributed by atoms with van der Waals surface area (Å²) in [5, 5.41) is 0. The van der Waals surface area contributed by atoms with Crippen LogP contribution in [0.4, 0.5) is 0 Å². The van der Waals surface area contributed by atoms with E-state index in [1.807, 2.05) is 0 Å². The maximum absolute atomic E-state index is 2.37. The first-order chi connectivity index (χ1) is 11.1. The number of aromatic nitrogens is 1. The van der Waals surface area contributed by atoms with Gasteiger partial charge in [0.25, 0.3) is 0 Å². The lowest BCUT2D eigenvalue weighted by Crippen LogP contribution is -2.34. The summed E-state index contributed by atoms with van der Waals surface area (Å²) in [6.07, 6.45) is 4.66. The molecule has 130 valence electrons. The average Bonchev–Trinajstić information content (AvgIpc) is 2.53. The molecular formula is C23H34N+. The molecule has 2 rings (SSSR count). The molecule has 2 aromatic rings. The van der Waals surface area contributed by atoms with Crippen molar-refractivity contribution in [1.29, 1.82) is 0 Å². The van der Waals surface area contributed by atoms with E-state index in [2.05, 4.69) is 96.6 Å². The maximum Gasteiger partial charge on any atom is 0.212 e. The molecule has 0 aliphatic carbocycles. The van der Waals surface area contributed by atoms with Gasteiger partial charge in [-0.1, -0.05) is 53.7 Å². The highest BCUT2D eigenvalue weighted by Crippen LogP contribution is 2.32. The summed E-state index contributed by atoms with van der Waals surface area (Å²) in [6.45, 7) is 16.0. The van der Waals surface area contributed by atoms with Gasteiger partial charge >= 0.3 is 0 Å². The van der Waals surface area contributed by atoms with Crippen molar-refractivity contribution in [3.05, 3.63) is 53.2 Å². The van der Waals surface area contributed by atoms with Crippen LogP contribution in [0, 0.1) is 6.92 Å². The van der Waals surface area contributed by atoms with Gasteiger partial charge in [-0.25, -0.2) is 4.57 Å². The van der Waals surface area contributed by atoms with Crippen LogP contribution < -0.4 is 4.57 Å². The average molecular weight is 325 g/mol. The van der Waals surface area contributed by atoms with Gasteiger partial charge in [-0.3, -0.25) is 0 Å². The Morgan fingerprint density at radius 2 is 1.46 bits per heavy atom. The molecule has 0 N–H and O–H groups in total. The van der Waals surface area contributed by atoms with Crippen molar-refractivity contribution in [2.45, 2.75) is 72.1 Å². The third-order valence-electron chi connectivity index (χ3n) is 5.76. The largest absolute Gasteiger partial charge is 0.212 e. The molecule has 1 heterocycles. The van der Waals surface area contributed by atoms with Crippen LogP contribution in [-0.2, 0) is 17.9 Å². The zero-order valence-corrected chi connectivity index (χ0v) is 16.8. The molecule has 0 bridgehead atoms. The molecule has 0 radical (unpaired) electrons. The SMILES string of the molecule is CCC(C)(CC)c1ccc(-c2ccc(C(C)(C)C)cc2C)[n+](C)c1. The summed E-state index contributed by atoms with van der Waals surface area (Å²) in [5.41, 5.74) is 7.24. The van der Waals surface area contributed by atoms with Crippen molar-refractivity contribution in [2.24, 2.45) is 7.05 Å². The normalized spacial score (nSPS) is 12.5. The standard InChI is InChI=1S/C23H34N/c1-9-23(7,10-2)19-12-14-21(24(8)16-19)20-13-11-18(15-17(20)3)22(4,5)6/h11-16H,9-10H2,1-8H3/q+1. The van der Waals surface area contributed by atoms with Crippen LogP contribution in [-0.4, -0.2) is 0 Å². The molecule has 0 amide bonds. The van der Waals surface area contributed by atoms with E-state index >= 15 is 0 Å². The topological polar surface area (TPSA) is 3.88 Å². The lowest BCUT2D eigenvalue weighted by molar-refractivity contribution is -0.661. The van der Waals surface area contributed by atoms with E-state index in [1.165, 1.54) is 40.8 Å². The second kappa shape index (κ2) is 6.70. The number of pyridine rings is 1. The summed E-state index contributed by atoms with van der Waals surface area (Å²) in [6, 6.07) is 11.5. The van der Waals surface area contributed by atoms with Gasteiger partial charge in [-0.2, -0.15) is 0 Å². The number of hydrogen-bond acceptors (Lipinski definition) is 0. The summed E-state index contributed by atoms with van der Waals surface area (Å²) >= 11 is 0. The first-order valence-electron chi connectivity index (χ1n) is 9.24. The molecule has 1 heteroatoms. The van der Waals surface area contributed by atoms with Crippen LogP contribution >= 0.6 is 0 Å². The molecule has 0 atom stereocenters. The molecule has 1 nitrogen and oxygen atoms in total. The van der Waals surface area contributed by atoms with Crippen molar-refractivity contribution in [3.8, 4) is 11.3 Å². The fourth-order valence-electron chi connectivity index (χ4n) is 3.32. The molecule has 0 aliphatic rings. The van der Waals surface area contributed by atoms with Crippen LogP contribution in [0.25, 0.3) is 11.3 Å². The van der Waals surface area contributed by atoms with Gasteiger partial charge in [-0.15, -0.1) is 0 Å². The van der Waals surface area contributed by atoms with Gasteiger partial charge in [0.05, 0.1) is 0 Å². The number of hydrogen-bond donors (Lipinski definition) is 0. The van der Waals surface area contributed by atoms with Crippen LogP contribution in [0.2, 0.25) is 0 Å². The van der Waals surface area contributed by atoms with Gasteiger partial charge in [0, 0.05) is 17.2 Å². The Bertz CT molecular complexity index is 715. The highest BCUT2D eigenvalue weighted by atomic mass is 14.9. The van der Waals surface area contributed by atoms with E-state index in [-0.39, 0.29) is 10.8 Å². The molecular weight excluding hydrogens is 290 g/mol. The van der Waals surface area contributed by atoms with Gasteiger partial charge in [0.15, 0.2) is 6.20 Å². The van der Waals surface area contributed by atoms with Gasteiger partial charge < -0.3 is 0 Å². The lowest BCUT2D eigenvalue weighted by Gasteiger charge is -2.26. The van der Waals surface area contributed by atoms with E-state index in [4.69, 9.17) is 0 Å². The molecule has 0 saturated carbocycles. The minimum Gasteiger partial charge on any atom is -0.201 e. The minimum absolute atomic E-state index is 0.194. The second-order valence-electron chi connectivity index (χ2n) is 8.46. The lowest BCUT2D eigenvalue weighted by atomic mass is 9.78. The number of benzene rings is 1. The highest BCUT2D eigenvalue weighted by Gasteiger charge is 2.26. The summed E-state index contributed by atoms with van der Waals surface area (Å²) in [7, 11) is 2.17. The third kappa shape index (κ3) is 3.55. The monoisotopic (exact) mass is 324 g/mol. The smallest absolute Gasteiger partial charge is 0.201 e. The highest BCUT2D eigenvalue weighted by molar-refractivity contribution is 5.62. The minimum atomic E-state index is 0.194. The van der Waals surface area contributed by atoms with Crippen LogP contribution in [0.15, 0.2) is 36.5 Å². The van der Waals surface area contributed by atoms with E-state index in [9.17, 15) is 0 Å². The Hall–Kier alpha value is -1.63. The molecule has 24 heavy (non-hydrogen) atoms. The Kier molecular flexibility index (Phi) is 5.22. The van der Waals surface area contributed by atoms with Crippen molar-refractivity contribution in [1.82, 2.24) is 0 Å². The van der Waals surface area contributed by atoms with E-state index in [0.717, 1.165) is 0 Å². The van der Waals surface area contributed by atoms with Crippen LogP contribution in [0.1, 0.15) is 71.1 Å². The fraction of sp³-hybridized carbons (Fsp3) is 0.522. The van der Waals surface area contributed by atoms with Crippen molar-refractivity contribution in [3.63, 3.8) is 0 Å². The predicted octanol–water partition coefficient (Wildman–Crippen LogP) is 5.86. The van der Waals surface area contributed by atoms with E-state index < -0.39 is 0 Å². The van der Waals surface area contributed by atoms with Crippen LogP contribution in [0.5, 0.6) is 0 Å². The molecule has 1 aromatic heterocycles. The van der Waals surface area contributed by atoms with Crippen LogP contribution in [0.3, 0.4) is 0 Å². The number of rotatable bonds is 4. The molecule has 0 aliphatic heterocycles. The van der Waals surface area contributed by atoms with E-state index in [1.54, 1.807) is 0 Å². The Labute approximate surface area is 148 Å².